The monoisotopic (exact) mass is 290 g/mol. The van der Waals surface area contributed by atoms with Gasteiger partial charge in [0.1, 0.15) is 6.61 Å². The van der Waals surface area contributed by atoms with Gasteiger partial charge in [-0.2, -0.15) is 13.2 Å². The van der Waals surface area contributed by atoms with E-state index in [0.717, 1.165) is 11.1 Å². The number of hydrogen-bond acceptors (Lipinski definition) is 3. The number of carbonyl (C=O) groups excluding carboxylic acids is 1. The molecule has 0 unspecified atom stereocenters. The zero-order valence-corrected chi connectivity index (χ0v) is 11.1. The molecule has 3 N–H and O–H groups in total. The number of halogens is 3. The van der Waals surface area contributed by atoms with Crippen molar-refractivity contribution in [2.45, 2.75) is 26.1 Å². The minimum atomic E-state index is -4.37. The zero-order valence-electron chi connectivity index (χ0n) is 11.1. The molecule has 0 saturated heterocycles. The first-order chi connectivity index (χ1) is 9.29. The highest BCUT2D eigenvalue weighted by Crippen LogP contribution is 2.15. The maximum absolute atomic E-state index is 11.8. The molecule has 0 atom stereocenters. The van der Waals surface area contributed by atoms with E-state index in [-0.39, 0.29) is 25.5 Å². The number of alkyl halides is 3. The van der Waals surface area contributed by atoms with Crippen LogP contribution in [0.4, 0.5) is 18.9 Å². The van der Waals surface area contributed by atoms with Crippen molar-refractivity contribution in [2.75, 3.05) is 18.9 Å². The number of nitrogens with one attached hydrogen (secondary N) is 1. The SMILES string of the molecule is Cc1c(N)cccc1CNC(=O)CCOCC(F)(F)F. The Morgan fingerprint density at radius 3 is 2.75 bits per heavy atom. The molecule has 0 bridgehead atoms. The first kappa shape index (κ1) is 16.3. The van der Waals surface area contributed by atoms with E-state index in [2.05, 4.69) is 10.1 Å². The number of ether oxygens (including phenoxy) is 1. The molecule has 0 spiro atoms. The Labute approximate surface area is 115 Å². The lowest BCUT2D eigenvalue weighted by Crippen LogP contribution is -2.25. The molecular weight excluding hydrogens is 273 g/mol. The van der Waals surface area contributed by atoms with Crippen LogP contribution in [-0.2, 0) is 16.1 Å². The highest BCUT2D eigenvalue weighted by molar-refractivity contribution is 5.76. The Kier molecular flexibility index (Phi) is 5.82. The number of nitrogens with two attached hydrogens (primary N) is 1. The number of hydrogen-bond donors (Lipinski definition) is 2. The van der Waals surface area contributed by atoms with Crippen molar-refractivity contribution >= 4 is 11.6 Å². The molecular formula is C13H17F3N2O2. The first-order valence-corrected chi connectivity index (χ1v) is 6.05. The molecule has 7 heteroatoms. The predicted molar refractivity (Wildman–Crippen MR) is 68.9 cm³/mol. The summed E-state index contributed by atoms with van der Waals surface area (Å²) >= 11 is 0. The summed E-state index contributed by atoms with van der Waals surface area (Å²) < 4.78 is 39.7. The van der Waals surface area contributed by atoms with Gasteiger partial charge in [0.15, 0.2) is 0 Å². The Bertz CT molecular complexity index is 461. The standard InChI is InChI=1S/C13H17F3N2O2/c1-9-10(3-2-4-11(9)17)7-18-12(19)5-6-20-8-13(14,15)16/h2-4H,5-8,17H2,1H3,(H,18,19). The van der Waals surface area contributed by atoms with Crippen LogP contribution in [0.3, 0.4) is 0 Å². The Hall–Kier alpha value is -1.76. The normalized spacial score (nSPS) is 11.4. The van der Waals surface area contributed by atoms with Crippen LogP contribution in [0, 0.1) is 6.92 Å². The molecule has 0 heterocycles. The van der Waals surface area contributed by atoms with Gasteiger partial charge in [0.25, 0.3) is 0 Å². The Morgan fingerprint density at radius 1 is 1.40 bits per heavy atom. The van der Waals surface area contributed by atoms with Crippen LogP contribution in [0.2, 0.25) is 0 Å². The molecule has 1 amide bonds. The first-order valence-electron chi connectivity index (χ1n) is 6.05. The van der Waals surface area contributed by atoms with Crippen LogP contribution in [0.15, 0.2) is 18.2 Å². The molecule has 0 aliphatic carbocycles. The van der Waals surface area contributed by atoms with Crippen LogP contribution in [0.5, 0.6) is 0 Å². The lowest BCUT2D eigenvalue weighted by Gasteiger charge is -2.10. The molecule has 0 aliphatic rings. The summed E-state index contributed by atoms with van der Waals surface area (Å²) in [5.74, 6) is -0.367. The fraction of sp³-hybridized carbons (Fsp3) is 0.462. The van der Waals surface area contributed by atoms with Crippen molar-refractivity contribution in [1.82, 2.24) is 5.32 Å². The average molecular weight is 290 g/mol. The third-order valence-electron chi connectivity index (χ3n) is 2.70. The second-order valence-corrected chi connectivity index (χ2v) is 4.33. The van der Waals surface area contributed by atoms with E-state index in [4.69, 9.17) is 5.73 Å². The van der Waals surface area contributed by atoms with Gasteiger partial charge in [0.2, 0.25) is 5.91 Å². The summed E-state index contributed by atoms with van der Waals surface area (Å²) in [6.07, 6.45) is -4.48. The number of nitrogen functional groups attached to an aromatic ring is 1. The molecule has 112 valence electrons. The molecule has 1 aromatic carbocycles. The minimum Gasteiger partial charge on any atom is -0.399 e. The number of benzene rings is 1. The Balaban J connectivity index is 2.28. The van der Waals surface area contributed by atoms with E-state index in [1.807, 2.05) is 13.0 Å². The number of anilines is 1. The van der Waals surface area contributed by atoms with E-state index in [1.54, 1.807) is 12.1 Å². The fourth-order valence-electron chi connectivity index (χ4n) is 1.53. The largest absolute Gasteiger partial charge is 0.411 e. The van der Waals surface area contributed by atoms with Gasteiger partial charge in [-0.15, -0.1) is 0 Å². The summed E-state index contributed by atoms with van der Waals surface area (Å²) in [5, 5.41) is 2.61. The maximum atomic E-state index is 11.8. The predicted octanol–water partition coefficient (Wildman–Crippen LogP) is 2.16. The summed E-state index contributed by atoms with van der Waals surface area (Å²) in [6, 6.07) is 5.36. The highest BCUT2D eigenvalue weighted by atomic mass is 19.4. The van der Waals surface area contributed by atoms with Crippen molar-refractivity contribution in [1.29, 1.82) is 0 Å². The van der Waals surface area contributed by atoms with Crippen molar-refractivity contribution in [2.24, 2.45) is 0 Å². The minimum absolute atomic E-state index is 0.114. The van der Waals surface area contributed by atoms with Gasteiger partial charge in [-0.1, -0.05) is 12.1 Å². The number of amides is 1. The van der Waals surface area contributed by atoms with Gasteiger partial charge < -0.3 is 15.8 Å². The summed E-state index contributed by atoms with van der Waals surface area (Å²) in [6.45, 7) is 0.522. The van der Waals surface area contributed by atoms with Gasteiger partial charge in [-0.3, -0.25) is 4.79 Å². The van der Waals surface area contributed by atoms with Crippen LogP contribution in [-0.4, -0.2) is 25.3 Å². The lowest BCUT2D eigenvalue weighted by atomic mass is 10.1. The Morgan fingerprint density at radius 2 is 2.10 bits per heavy atom. The maximum Gasteiger partial charge on any atom is 0.411 e. The van der Waals surface area contributed by atoms with Crippen molar-refractivity contribution in [3.63, 3.8) is 0 Å². The summed E-state index contributed by atoms with van der Waals surface area (Å²) in [7, 11) is 0. The van der Waals surface area contributed by atoms with Crippen LogP contribution >= 0.6 is 0 Å². The van der Waals surface area contributed by atoms with Crippen molar-refractivity contribution < 1.29 is 22.7 Å². The van der Waals surface area contributed by atoms with Crippen LogP contribution in [0.1, 0.15) is 17.5 Å². The molecule has 4 nitrogen and oxygen atoms in total. The summed E-state index contributed by atoms with van der Waals surface area (Å²) in [4.78, 5) is 11.4. The molecule has 0 aromatic heterocycles. The molecule has 0 fully saturated rings. The molecule has 1 rings (SSSR count). The van der Waals surface area contributed by atoms with Gasteiger partial charge in [0.05, 0.1) is 6.61 Å². The number of carbonyl (C=O) groups is 1. The quantitative estimate of drug-likeness (QED) is 0.623. The second kappa shape index (κ2) is 7.14. The topological polar surface area (TPSA) is 64.3 Å². The number of rotatable bonds is 6. The van der Waals surface area contributed by atoms with E-state index < -0.39 is 12.8 Å². The zero-order chi connectivity index (χ0) is 15.2. The second-order valence-electron chi connectivity index (χ2n) is 4.33. The van der Waals surface area contributed by atoms with Gasteiger partial charge in [0, 0.05) is 18.7 Å². The van der Waals surface area contributed by atoms with E-state index >= 15 is 0 Å². The average Bonchev–Trinajstić information content (AvgIpc) is 2.35. The van der Waals surface area contributed by atoms with Gasteiger partial charge in [-0.25, -0.2) is 0 Å². The van der Waals surface area contributed by atoms with Crippen molar-refractivity contribution in [3.8, 4) is 0 Å². The van der Waals surface area contributed by atoms with Crippen LogP contribution in [0.25, 0.3) is 0 Å². The summed E-state index contributed by atoms with van der Waals surface area (Å²) in [5.41, 5.74) is 8.10. The smallest absolute Gasteiger partial charge is 0.399 e. The van der Waals surface area contributed by atoms with E-state index in [0.29, 0.717) is 5.69 Å². The highest BCUT2D eigenvalue weighted by Gasteiger charge is 2.27. The molecule has 1 aromatic rings. The lowest BCUT2D eigenvalue weighted by molar-refractivity contribution is -0.174. The van der Waals surface area contributed by atoms with Gasteiger partial charge >= 0.3 is 6.18 Å². The fourth-order valence-corrected chi connectivity index (χ4v) is 1.53. The van der Waals surface area contributed by atoms with Crippen molar-refractivity contribution in [3.05, 3.63) is 29.3 Å². The third-order valence-corrected chi connectivity index (χ3v) is 2.70. The van der Waals surface area contributed by atoms with E-state index in [9.17, 15) is 18.0 Å². The van der Waals surface area contributed by atoms with Crippen LogP contribution < -0.4 is 11.1 Å². The molecule has 0 radical (unpaired) electrons. The third kappa shape index (κ3) is 5.92. The molecule has 20 heavy (non-hydrogen) atoms. The van der Waals surface area contributed by atoms with E-state index in [1.165, 1.54) is 0 Å². The molecule has 0 saturated carbocycles. The van der Waals surface area contributed by atoms with Gasteiger partial charge in [-0.05, 0) is 24.1 Å². The molecule has 0 aliphatic heterocycles.